The second kappa shape index (κ2) is 8.11. The SMILES string of the molecule is CCCOc1cccc(C(N)/C2=C/CCCCCC2)c1. The zero-order chi connectivity index (χ0) is 14.2. The maximum atomic E-state index is 6.46. The summed E-state index contributed by atoms with van der Waals surface area (Å²) >= 11 is 0. The topological polar surface area (TPSA) is 35.2 Å². The van der Waals surface area contributed by atoms with Crippen LogP contribution in [0.2, 0.25) is 0 Å². The van der Waals surface area contributed by atoms with Crippen LogP contribution in [0.4, 0.5) is 0 Å². The van der Waals surface area contributed by atoms with Crippen molar-refractivity contribution >= 4 is 0 Å². The van der Waals surface area contributed by atoms with E-state index in [0.29, 0.717) is 0 Å². The van der Waals surface area contributed by atoms with Crippen LogP contribution in [0.5, 0.6) is 5.75 Å². The average molecular weight is 273 g/mol. The molecule has 0 amide bonds. The molecule has 0 saturated carbocycles. The molecule has 0 fully saturated rings. The quantitative estimate of drug-likeness (QED) is 0.785. The van der Waals surface area contributed by atoms with Gasteiger partial charge in [0.25, 0.3) is 0 Å². The van der Waals surface area contributed by atoms with Crippen molar-refractivity contribution in [2.24, 2.45) is 5.73 Å². The normalized spacial score (nSPS) is 20.4. The van der Waals surface area contributed by atoms with E-state index in [1.165, 1.54) is 43.2 Å². The van der Waals surface area contributed by atoms with Crippen LogP contribution < -0.4 is 10.5 Å². The Hall–Kier alpha value is -1.28. The van der Waals surface area contributed by atoms with Gasteiger partial charge in [-0.1, -0.05) is 43.5 Å². The number of hydrogen-bond donors (Lipinski definition) is 1. The van der Waals surface area contributed by atoms with E-state index in [9.17, 15) is 0 Å². The summed E-state index contributed by atoms with van der Waals surface area (Å²) in [6, 6.07) is 8.30. The summed E-state index contributed by atoms with van der Waals surface area (Å²) in [5, 5.41) is 0. The summed E-state index contributed by atoms with van der Waals surface area (Å²) < 4.78 is 5.70. The predicted molar refractivity (Wildman–Crippen MR) is 84.9 cm³/mol. The molecule has 0 aromatic heterocycles. The van der Waals surface area contributed by atoms with Gasteiger partial charge in [0, 0.05) is 0 Å². The van der Waals surface area contributed by atoms with Crippen LogP contribution in [0.1, 0.15) is 63.5 Å². The van der Waals surface area contributed by atoms with Gasteiger partial charge >= 0.3 is 0 Å². The number of nitrogens with two attached hydrogens (primary N) is 1. The third-order valence-corrected chi connectivity index (χ3v) is 3.92. The largest absolute Gasteiger partial charge is 0.494 e. The van der Waals surface area contributed by atoms with Gasteiger partial charge in [0.1, 0.15) is 5.75 Å². The third kappa shape index (κ3) is 4.38. The van der Waals surface area contributed by atoms with Gasteiger partial charge in [0.2, 0.25) is 0 Å². The van der Waals surface area contributed by atoms with Crippen molar-refractivity contribution in [3.8, 4) is 5.75 Å². The molecule has 110 valence electrons. The van der Waals surface area contributed by atoms with Crippen LogP contribution in [-0.2, 0) is 0 Å². The Balaban J connectivity index is 2.08. The van der Waals surface area contributed by atoms with E-state index < -0.39 is 0 Å². The van der Waals surface area contributed by atoms with Gasteiger partial charge in [-0.15, -0.1) is 0 Å². The summed E-state index contributed by atoms with van der Waals surface area (Å²) in [4.78, 5) is 0. The molecular weight excluding hydrogens is 246 g/mol. The Morgan fingerprint density at radius 3 is 2.90 bits per heavy atom. The van der Waals surface area contributed by atoms with E-state index in [0.717, 1.165) is 25.2 Å². The molecule has 2 N–H and O–H groups in total. The van der Waals surface area contributed by atoms with Gasteiger partial charge in [0.05, 0.1) is 12.6 Å². The van der Waals surface area contributed by atoms with Crippen molar-refractivity contribution in [1.29, 1.82) is 0 Å². The van der Waals surface area contributed by atoms with Gasteiger partial charge < -0.3 is 10.5 Å². The van der Waals surface area contributed by atoms with Crippen LogP contribution in [0.25, 0.3) is 0 Å². The van der Waals surface area contributed by atoms with E-state index >= 15 is 0 Å². The summed E-state index contributed by atoms with van der Waals surface area (Å²) in [6.07, 6.45) is 11.0. The van der Waals surface area contributed by atoms with Crippen LogP contribution in [0.3, 0.4) is 0 Å². The first-order valence-electron chi connectivity index (χ1n) is 7.98. The third-order valence-electron chi connectivity index (χ3n) is 3.92. The van der Waals surface area contributed by atoms with Gasteiger partial charge in [-0.3, -0.25) is 0 Å². The van der Waals surface area contributed by atoms with Crippen molar-refractivity contribution in [3.63, 3.8) is 0 Å². The first kappa shape index (κ1) is 15.1. The molecule has 2 heteroatoms. The average Bonchev–Trinajstić information content (AvgIpc) is 2.44. The molecule has 2 nitrogen and oxygen atoms in total. The molecule has 0 spiro atoms. The van der Waals surface area contributed by atoms with E-state index in [4.69, 9.17) is 10.5 Å². The van der Waals surface area contributed by atoms with Crippen LogP contribution in [-0.4, -0.2) is 6.61 Å². The Kier molecular flexibility index (Phi) is 6.13. The fourth-order valence-electron chi connectivity index (χ4n) is 2.73. The van der Waals surface area contributed by atoms with Gasteiger partial charge in [-0.05, 0) is 49.8 Å². The Morgan fingerprint density at radius 1 is 1.20 bits per heavy atom. The highest BCUT2D eigenvalue weighted by atomic mass is 16.5. The Labute approximate surface area is 123 Å². The monoisotopic (exact) mass is 273 g/mol. The molecule has 0 heterocycles. The van der Waals surface area contributed by atoms with Crippen molar-refractivity contribution in [2.45, 2.75) is 57.9 Å². The minimum Gasteiger partial charge on any atom is -0.494 e. The molecular formula is C18H27NO. The maximum absolute atomic E-state index is 6.46. The highest BCUT2D eigenvalue weighted by Crippen LogP contribution is 2.28. The van der Waals surface area contributed by atoms with Crippen molar-refractivity contribution in [2.75, 3.05) is 6.61 Å². The Morgan fingerprint density at radius 2 is 2.05 bits per heavy atom. The number of ether oxygens (including phenoxy) is 1. The first-order valence-corrected chi connectivity index (χ1v) is 7.98. The smallest absolute Gasteiger partial charge is 0.119 e. The van der Waals surface area contributed by atoms with Crippen LogP contribution in [0.15, 0.2) is 35.9 Å². The van der Waals surface area contributed by atoms with E-state index in [1.807, 2.05) is 12.1 Å². The number of hydrogen-bond acceptors (Lipinski definition) is 2. The molecule has 1 aromatic rings. The van der Waals surface area contributed by atoms with Crippen molar-refractivity contribution in [3.05, 3.63) is 41.5 Å². The molecule has 20 heavy (non-hydrogen) atoms. The highest BCUT2D eigenvalue weighted by molar-refractivity contribution is 5.34. The summed E-state index contributed by atoms with van der Waals surface area (Å²) in [5.74, 6) is 0.936. The van der Waals surface area contributed by atoms with Crippen LogP contribution in [0, 0.1) is 0 Å². The Bertz CT molecular complexity index is 439. The fraction of sp³-hybridized carbons (Fsp3) is 0.556. The lowest BCUT2D eigenvalue weighted by molar-refractivity contribution is 0.317. The van der Waals surface area contributed by atoms with Gasteiger partial charge in [-0.2, -0.15) is 0 Å². The van der Waals surface area contributed by atoms with Gasteiger partial charge in [-0.25, -0.2) is 0 Å². The molecule has 0 saturated heterocycles. The summed E-state index contributed by atoms with van der Waals surface area (Å²) in [7, 11) is 0. The van der Waals surface area contributed by atoms with Crippen molar-refractivity contribution in [1.82, 2.24) is 0 Å². The zero-order valence-electron chi connectivity index (χ0n) is 12.6. The van der Waals surface area contributed by atoms with Crippen molar-refractivity contribution < 1.29 is 4.74 Å². The van der Waals surface area contributed by atoms with Crippen LogP contribution >= 0.6 is 0 Å². The number of rotatable bonds is 5. The molecule has 0 bridgehead atoms. The predicted octanol–water partition coefficient (Wildman–Crippen LogP) is 4.76. The van der Waals surface area contributed by atoms with E-state index in [2.05, 4.69) is 25.1 Å². The summed E-state index contributed by atoms with van der Waals surface area (Å²) in [6.45, 7) is 2.89. The number of allylic oxidation sites excluding steroid dienone is 1. The fourth-order valence-corrected chi connectivity index (χ4v) is 2.73. The molecule has 1 aromatic carbocycles. The van der Waals surface area contributed by atoms with Gasteiger partial charge in [0.15, 0.2) is 0 Å². The molecule has 0 radical (unpaired) electrons. The van der Waals surface area contributed by atoms with E-state index in [-0.39, 0.29) is 6.04 Å². The lowest BCUT2D eigenvalue weighted by atomic mass is 9.91. The lowest BCUT2D eigenvalue weighted by Gasteiger charge is -2.19. The number of benzene rings is 1. The minimum absolute atomic E-state index is 0.0262. The second-order valence-electron chi connectivity index (χ2n) is 5.63. The molecule has 0 aliphatic heterocycles. The standard InChI is InChI=1S/C18H27NO/c1-2-13-20-17-12-8-11-16(14-17)18(19)15-9-6-4-3-5-7-10-15/h8-9,11-12,14,18H,2-7,10,13,19H2,1H3/b15-9+. The maximum Gasteiger partial charge on any atom is 0.119 e. The zero-order valence-corrected chi connectivity index (χ0v) is 12.6. The highest BCUT2D eigenvalue weighted by Gasteiger charge is 2.13. The molecule has 1 aliphatic carbocycles. The van der Waals surface area contributed by atoms with E-state index in [1.54, 1.807) is 0 Å². The minimum atomic E-state index is 0.0262. The lowest BCUT2D eigenvalue weighted by Crippen LogP contribution is -2.14. The molecule has 1 aliphatic rings. The molecule has 1 unspecified atom stereocenters. The molecule has 2 rings (SSSR count). The second-order valence-corrected chi connectivity index (χ2v) is 5.63. The summed E-state index contributed by atoms with van der Waals surface area (Å²) in [5.41, 5.74) is 9.04. The molecule has 1 atom stereocenters. The first-order chi connectivity index (χ1) is 9.81.